The van der Waals surface area contributed by atoms with Crippen molar-refractivity contribution in [1.82, 2.24) is 10.2 Å². The Labute approximate surface area is 199 Å². The number of nitriles is 1. The highest BCUT2D eigenvalue weighted by atomic mass is 32.2. The third-order valence-electron chi connectivity index (χ3n) is 4.48. The minimum Gasteiger partial charge on any atom is -0.493 e. The molecule has 1 amide bonds. The first-order valence-electron chi connectivity index (χ1n) is 9.81. The van der Waals surface area contributed by atoms with Gasteiger partial charge in [-0.2, -0.15) is 5.26 Å². The van der Waals surface area contributed by atoms with Gasteiger partial charge < -0.3 is 9.47 Å². The van der Waals surface area contributed by atoms with Gasteiger partial charge in [-0.3, -0.25) is 10.1 Å². The largest absolute Gasteiger partial charge is 0.493 e. The van der Waals surface area contributed by atoms with E-state index in [-0.39, 0.29) is 33.2 Å². The van der Waals surface area contributed by atoms with Crippen molar-refractivity contribution in [1.29, 1.82) is 5.26 Å². The number of halogens is 1. The summed E-state index contributed by atoms with van der Waals surface area (Å²) in [7, 11) is -2.13. The number of nitrogens with one attached hydrogen (secondary N) is 1. The fraction of sp³-hybridized carbons (Fsp3) is 0.182. The normalized spacial score (nSPS) is 11.5. The summed E-state index contributed by atoms with van der Waals surface area (Å²) in [6.45, 7) is 1.46. The summed E-state index contributed by atoms with van der Waals surface area (Å²) in [4.78, 5) is 12.5. The molecule has 34 heavy (non-hydrogen) atoms. The molecule has 0 atom stereocenters. The molecule has 1 N–H and O–H groups in total. The van der Waals surface area contributed by atoms with E-state index < -0.39 is 15.7 Å². The molecule has 0 radical (unpaired) electrons. The minimum atomic E-state index is -3.56. The average molecular weight is 503 g/mol. The van der Waals surface area contributed by atoms with Crippen LogP contribution in [0.2, 0.25) is 0 Å². The zero-order valence-electron chi connectivity index (χ0n) is 18.1. The van der Waals surface area contributed by atoms with Crippen molar-refractivity contribution in [3.05, 3.63) is 65.0 Å². The van der Waals surface area contributed by atoms with E-state index in [4.69, 9.17) is 9.47 Å². The number of amides is 1. The highest BCUT2D eigenvalue weighted by molar-refractivity contribution is 7.93. The van der Waals surface area contributed by atoms with Gasteiger partial charge in [0, 0.05) is 5.56 Å². The number of benzene rings is 2. The fourth-order valence-corrected chi connectivity index (χ4v) is 4.64. The Morgan fingerprint density at radius 3 is 2.68 bits per heavy atom. The zero-order valence-corrected chi connectivity index (χ0v) is 19.7. The molecule has 0 spiro atoms. The van der Waals surface area contributed by atoms with Gasteiger partial charge in [0.05, 0.1) is 12.9 Å². The lowest BCUT2D eigenvalue weighted by Gasteiger charge is -2.12. The van der Waals surface area contributed by atoms with Crippen molar-refractivity contribution in [3.8, 4) is 17.6 Å². The summed E-state index contributed by atoms with van der Waals surface area (Å²) in [6.07, 6.45) is 1.32. The van der Waals surface area contributed by atoms with Gasteiger partial charge >= 0.3 is 0 Å². The topological polar surface area (TPSA) is 131 Å². The SMILES string of the molecule is CCS(=O)(=O)c1nnc(NC(=O)/C(C#N)=C\c2ccc(OCc3ccccc3F)c(OC)c2)s1. The predicted molar refractivity (Wildman–Crippen MR) is 124 cm³/mol. The van der Waals surface area contributed by atoms with Gasteiger partial charge in [0.2, 0.25) is 19.3 Å². The van der Waals surface area contributed by atoms with Crippen LogP contribution < -0.4 is 14.8 Å². The molecule has 0 aliphatic carbocycles. The first-order chi connectivity index (χ1) is 16.3. The second kappa shape index (κ2) is 10.9. The second-order valence-electron chi connectivity index (χ2n) is 6.69. The maximum absolute atomic E-state index is 13.8. The number of hydrogen-bond acceptors (Lipinski definition) is 9. The Kier molecular flexibility index (Phi) is 7.93. The van der Waals surface area contributed by atoms with Crippen LogP contribution in [0.5, 0.6) is 11.5 Å². The molecular weight excluding hydrogens is 483 g/mol. The second-order valence-corrected chi connectivity index (χ2v) is 10.1. The number of ether oxygens (including phenoxy) is 2. The summed E-state index contributed by atoms with van der Waals surface area (Å²) < 4.78 is 48.3. The number of sulfone groups is 1. The molecule has 0 aliphatic heterocycles. The van der Waals surface area contributed by atoms with Gasteiger partial charge in [-0.15, -0.1) is 10.2 Å². The highest BCUT2D eigenvalue weighted by Gasteiger charge is 2.20. The Hall–Kier alpha value is -3.82. The number of nitrogens with zero attached hydrogens (tertiary/aromatic N) is 3. The van der Waals surface area contributed by atoms with Crippen LogP contribution in [0.1, 0.15) is 18.1 Å². The third kappa shape index (κ3) is 5.94. The Bertz CT molecular complexity index is 1380. The monoisotopic (exact) mass is 502 g/mol. The average Bonchev–Trinajstić information content (AvgIpc) is 3.31. The molecule has 1 heterocycles. The lowest BCUT2D eigenvalue weighted by molar-refractivity contribution is -0.112. The minimum absolute atomic E-state index is 0.0122. The number of carbonyl (C=O) groups is 1. The van der Waals surface area contributed by atoms with Crippen molar-refractivity contribution < 1.29 is 27.1 Å². The molecule has 176 valence electrons. The maximum Gasteiger partial charge on any atom is 0.268 e. The van der Waals surface area contributed by atoms with Crippen LogP contribution in [0, 0.1) is 17.1 Å². The van der Waals surface area contributed by atoms with Crippen molar-refractivity contribution in [2.75, 3.05) is 18.2 Å². The molecule has 0 aliphatic rings. The van der Waals surface area contributed by atoms with Crippen LogP contribution in [-0.4, -0.2) is 37.4 Å². The summed E-state index contributed by atoms with van der Waals surface area (Å²) in [6, 6.07) is 12.8. The molecule has 0 unspecified atom stereocenters. The predicted octanol–water partition coefficient (Wildman–Crippen LogP) is 3.60. The van der Waals surface area contributed by atoms with E-state index in [1.807, 2.05) is 0 Å². The first kappa shape index (κ1) is 24.8. The third-order valence-corrected chi connectivity index (χ3v) is 7.50. The van der Waals surface area contributed by atoms with Crippen LogP contribution >= 0.6 is 11.3 Å². The Morgan fingerprint density at radius 1 is 1.24 bits per heavy atom. The molecule has 9 nitrogen and oxygen atoms in total. The van der Waals surface area contributed by atoms with Crippen molar-refractivity contribution in [3.63, 3.8) is 0 Å². The number of aromatic nitrogens is 2. The molecule has 1 aromatic heterocycles. The van der Waals surface area contributed by atoms with E-state index in [2.05, 4.69) is 15.5 Å². The zero-order chi connectivity index (χ0) is 24.7. The summed E-state index contributed by atoms with van der Waals surface area (Å²) in [5, 5.41) is 19.0. The number of hydrogen-bond donors (Lipinski definition) is 1. The van der Waals surface area contributed by atoms with E-state index in [0.29, 0.717) is 34.0 Å². The molecule has 3 rings (SSSR count). The van der Waals surface area contributed by atoms with Gasteiger partial charge in [-0.05, 0) is 29.8 Å². The molecule has 2 aromatic carbocycles. The van der Waals surface area contributed by atoms with Crippen molar-refractivity contribution in [2.45, 2.75) is 17.9 Å². The van der Waals surface area contributed by atoms with Gasteiger partial charge in [0.15, 0.2) is 11.5 Å². The van der Waals surface area contributed by atoms with Gasteiger partial charge in [-0.1, -0.05) is 42.5 Å². The lowest BCUT2D eigenvalue weighted by atomic mass is 10.1. The van der Waals surface area contributed by atoms with E-state index in [9.17, 15) is 22.9 Å². The quantitative estimate of drug-likeness (QED) is 0.267. The van der Waals surface area contributed by atoms with E-state index in [0.717, 1.165) is 0 Å². The molecule has 0 saturated heterocycles. The number of rotatable bonds is 9. The van der Waals surface area contributed by atoms with Crippen LogP contribution in [-0.2, 0) is 21.2 Å². The van der Waals surface area contributed by atoms with Gasteiger partial charge in [0.25, 0.3) is 5.91 Å². The van der Waals surface area contributed by atoms with Crippen LogP contribution in [0.15, 0.2) is 52.4 Å². The number of anilines is 1. The van der Waals surface area contributed by atoms with Crippen LogP contribution in [0.25, 0.3) is 6.08 Å². The highest BCUT2D eigenvalue weighted by Crippen LogP contribution is 2.30. The maximum atomic E-state index is 13.8. The molecule has 0 fully saturated rings. The van der Waals surface area contributed by atoms with E-state index in [1.165, 1.54) is 26.2 Å². The summed E-state index contributed by atoms with van der Waals surface area (Å²) in [5.41, 5.74) is 0.592. The van der Waals surface area contributed by atoms with Crippen LogP contribution in [0.3, 0.4) is 0 Å². The summed E-state index contributed by atoms with van der Waals surface area (Å²) >= 11 is 0.698. The molecule has 12 heteroatoms. The van der Waals surface area contributed by atoms with Gasteiger partial charge in [-0.25, -0.2) is 12.8 Å². The van der Waals surface area contributed by atoms with E-state index >= 15 is 0 Å². The fourth-order valence-electron chi connectivity index (χ4n) is 2.65. The Balaban J connectivity index is 1.75. The Morgan fingerprint density at radius 2 is 2.00 bits per heavy atom. The molecule has 0 bridgehead atoms. The molecule has 3 aromatic rings. The molecule has 0 saturated carbocycles. The van der Waals surface area contributed by atoms with Crippen LogP contribution in [0.4, 0.5) is 9.52 Å². The number of carbonyl (C=O) groups excluding carboxylic acids is 1. The smallest absolute Gasteiger partial charge is 0.268 e. The first-order valence-corrected chi connectivity index (χ1v) is 12.3. The van der Waals surface area contributed by atoms with Gasteiger partial charge in [0.1, 0.15) is 24.1 Å². The van der Waals surface area contributed by atoms with Crippen molar-refractivity contribution >= 4 is 38.3 Å². The molecular formula is C22H19FN4O5S2. The summed E-state index contributed by atoms with van der Waals surface area (Å²) in [5.74, 6) is -0.648. The van der Waals surface area contributed by atoms with E-state index in [1.54, 1.807) is 42.5 Å². The van der Waals surface area contributed by atoms with Crippen molar-refractivity contribution in [2.24, 2.45) is 0 Å². The number of methoxy groups -OCH3 is 1. The lowest BCUT2D eigenvalue weighted by Crippen LogP contribution is -2.13. The standard InChI is InChI=1S/C22H19FN4O5S2/c1-3-34(29,30)22-27-26-21(33-22)25-20(28)16(12-24)10-14-8-9-18(19(11-14)31-2)32-13-15-6-4-5-7-17(15)23/h4-11H,3,13H2,1-2H3,(H,25,26,28)/b16-10-.